The Hall–Kier alpha value is -3.06. The first-order chi connectivity index (χ1) is 14.4. The topological polar surface area (TPSA) is 66.8 Å². The Balaban J connectivity index is 1.60. The van der Waals surface area contributed by atoms with Gasteiger partial charge in [-0.15, -0.1) is 0 Å². The van der Waals surface area contributed by atoms with Crippen LogP contribution >= 0.6 is 0 Å². The summed E-state index contributed by atoms with van der Waals surface area (Å²) in [5.41, 5.74) is 0.938. The zero-order valence-electron chi connectivity index (χ0n) is 16.4. The fourth-order valence-electron chi connectivity index (χ4n) is 3.47. The number of carboxylic acid groups (broad SMARTS) is 1. The second kappa shape index (κ2) is 10.1. The summed E-state index contributed by atoms with van der Waals surface area (Å²) in [6.07, 6.45) is 4.44. The minimum absolute atomic E-state index is 0.281. The summed E-state index contributed by atoms with van der Waals surface area (Å²) < 4.78 is 32.3. The Morgan fingerprint density at radius 3 is 2.60 bits per heavy atom. The standard InChI is InChI=1S/C23H23F2NO4/c24-19-5-3-16(4-6-19)22(27)21-8-7-20(25)14-17(21)9-12-30-13-11-26-10-1-2-18(15-26)23(28)29/h3-9,12,14,18H,1-2,10-11,13,15H2,(H,28,29)/b12-9-. The van der Waals surface area contributed by atoms with Gasteiger partial charge in [-0.25, -0.2) is 8.78 Å². The Labute approximate surface area is 173 Å². The first-order valence-corrected chi connectivity index (χ1v) is 9.77. The molecule has 1 aliphatic heterocycles. The highest BCUT2D eigenvalue weighted by Crippen LogP contribution is 2.19. The third kappa shape index (κ3) is 5.73. The van der Waals surface area contributed by atoms with Crippen molar-refractivity contribution >= 4 is 17.8 Å². The number of carbonyl (C=O) groups excluding carboxylic acids is 1. The lowest BCUT2D eigenvalue weighted by Gasteiger charge is -2.30. The van der Waals surface area contributed by atoms with Gasteiger partial charge in [-0.3, -0.25) is 14.5 Å². The number of ketones is 1. The van der Waals surface area contributed by atoms with Crippen LogP contribution in [-0.4, -0.2) is 48.0 Å². The van der Waals surface area contributed by atoms with Gasteiger partial charge in [0.15, 0.2) is 5.78 Å². The van der Waals surface area contributed by atoms with Crippen LogP contribution in [0.2, 0.25) is 0 Å². The van der Waals surface area contributed by atoms with Gasteiger partial charge in [0.1, 0.15) is 11.6 Å². The number of ether oxygens (including phenoxy) is 1. The summed E-state index contributed by atoms with van der Waals surface area (Å²) >= 11 is 0. The van der Waals surface area contributed by atoms with E-state index in [9.17, 15) is 18.4 Å². The van der Waals surface area contributed by atoms with Gasteiger partial charge in [0, 0.05) is 24.2 Å². The molecule has 3 rings (SSSR count). The third-order valence-electron chi connectivity index (χ3n) is 5.09. The summed E-state index contributed by atoms with van der Waals surface area (Å²) in [7, 11) is 0. The highest BCUT2D eigenvalue weighted by molar-refractivity contribution is 6.11. The number of benzene rings is 2. The van der Waals surface area contributed by atoms with E-state index in [4.69, 9.17) is 9.84 Å². The van der Waals surface area contributed by atoms with Crippen LogP contribution < -0.4 is 0 Å². The zero-order valence-corrected chi connectivity index (χ0v) is 16.4. The van der Waals surface area contributed by atoms with Crippen molar-refractivity contribution in [3.8, 4) is 0 Å². The van der Waals surface area contributed by atoms with Crippen molar-refractivity contribution in [1.82, 2.24) is 4.90 Å². The molecule has 0 saturated carbocycles. The summed E-state index contributed by atoms with van der Waals surface area (Å²) in [5, 5.41) is 9.13. The Morgan fingerprint density at radius 1 is 1.13 bits per heavy atom. The number of rotatable bonds is 8. The van der Waals surface area contributed by atoms with E-state index < -0.39 is 17.6 Å². The highest BCUT2D eigenvalue weighted by Gasteiger charge is 2.24. The molecule has 0 spiro atoms. The number of carbonyl (C=O) groups is 2. The molecular weight excluding hydrogens is 392 g/mol. The Bertz CT molecular complexity index is 927. The van der Waals surface area contributed by atoms with Gasteiger partial charge in [0.25, 0.3) is 0 Å². The number of aliphatic carboxylic acids is 1. The average Bonchev–Trinajstić information content (AvgIpc) is 2.74. The number of carboxylic acids is 1. The molecule has 1 N–H and O–H groups in total. The van der Waals surface area contributed by atoms with Crippen molar-refractivity contribution in [3.63, 3.8) is 0 Å². The smallest absolute Gasteiger partial charge is 0.307 e. The zero-order chi connectivity index (χ0) is 21.5. The van der Waals surface area contributed by atoms with Crippen LogP contribution in [0.25, 0.3) is 6.08 Å². The molecule has 1 atom stereocenters. The monoisotopic (exact) mass is 415 g/mol. The molecule has 7 heteroatoms. The summed E-state index contributed by atoms with van der Waals surface area (Å²) in [6.45, 7) is 2.26. The maximum Gasteiger partial charge on any atom is 0.307 e. The molecule has 1 unspecified atom stereocenters. The van der Waals surface area contributed by atoms with Gasteiger partial charge in [-0.05, 0) is 73.5 Å². The van der Waals surface area contributed by atoms with E-state index >= 15 is 0 Å². The molecule has 0 amide bonds. The maximum absolute atomic E-state index is 13.7. The Kier molecular flexibility index (Phi) is 7.30. The van der Waals surface area contributed by atoms with E-state index in [1.165, 1.54) is 54.8 Å². The Morgan fingerprint density at radius 2 is 1.87 bits per heavy atom. The fourth-order valence-corrected chi connectivity index (χ4v) is 3.47. The number of piperidine rings is 1. The maximum atomic E-state index is 13.7. The van der Waals surface area contributed by atoms with Gasteiger partial charge in [0.2, 0.25) is 0 Å². The lowest BCUT2D eigenvalue weighted by Crippen LogP contribution is -2.40. The molecular formula is C23H23F2NO4. The van der Waals surface area contributed by atoms with Gasteiger partial charge >= 0.3 is 5.97 Å². The van der Waals surface area contributed by atoms with Crippen molar-refractivity contribution in [2.75, 3.05) is 26.2 Å². The second-order valence-electron chi connectivity index (χ2n) is 7.22. The van der Waals surface area contributed by atoms with Gasteiger partial charge in [0.05, 0.1) is 18.8 Å². The molecule has 1 saturated heterocycles. The van der Waals surface area contributed by atoms with Crippen LogP contribution in [0, 0.1) is 17.6 Å². The van der Waals surface area contributed by atoms with Crippen molar-refractivity contribution in [3.05, 3.63) is 77.1 Å². The van der Waals surface area contributed by atoms with Crippen molar-refractivity contribution in [2.45, 2.75) is 12.8 Å². The van der Waals surface area contributed by atoms with Crippen molar-refractivity contribution < 1.29 is 28.2 Å². The lowest BCUT2D eigenvalue weighted by molar-refractivity contribution is -0.143. The largest absolute Gasteiger partial charge is 0.500 e. The van der Waals surface area contributed by atoms with E-state index in [2.05, 4.69) is 0 Å². The molecule has 158 valence electrons. The number of halogens is 2. The predicted molar refractivity (Wildman–Crippen MR) is 108 cm³/mol. The minimum atomic E-state index is -0.773. The highest BCUT2D eigenvalue weighted by atomic mass is 19.1. The van der Waals surface area contributed by atoms with Crippen molar-refractivity contribution in [2.24, 2.45) is 5.92 Å². The normalized spacial score (nSPS) is 17.2. The van der Waals surface area contributed by atoms with Crippen molar-refractivity contribution in [1.29, 1.82) is 0 Å². The minimum Gasteiger partial charge on any atom is -0.500 e. The molecule has 0 aliphatic carbocycles. The van der Waals surface area contributed by atoms with Crippen LogP contribution in [0.4, 0.5) is 8.78 Å². The summed E-state index contributed by atoms with van der Waals surface area (Å²) in [6, 6.07) is 8.99. The molecule has 30 heavy (non-hydrogen) atoms. The van der Waals surface area contributed by atoms with Gasteiger partial charge in [-0.1, -0.05) is 0 Å². The van der Waals surface area contributed by atoms with Gasteiger partial charge in [-0.2, -0.15) is 0 Å². The van der Waals surface area contributed by atoms with Crippen LogP contribution in [0.1, 0.15) is 34.3 Å². The molecule has 0 bridgehead atoms. The average molecular weight is 415 g/mol. The predicted octanol–water partition coefficient (Wildman–Crippen LogP) is 3.98. The molecule has 5 nitrogen and oxygen atoms in total. The molecule has 2 aromatic carbocycles. The number of hydrogen-bond acceptors (Lipinski definition) is 4. The van der Waals surface area contributed by atoms with E-state index in [1.807, 2.05) is 4.90 Å². The molecule has 0 radical (unpaired) electrons. The second-order valence-corrected chi connectivity index (χ2v) is 7.22. The first-order valence-electron chi connectivity index (χ1n) is 9.77. The molecule has 2 aromatic rings. The van der Waals surface area contributed by atoms with E-state index in [0.29, 0.717) is 37.2 Å². The quantitative estimate of drug-likeness (QED) is 0.401. The van der Waals surface area contributed by atoms with E-state index in [-0.39, 0.29) is 17.3 Å². The molecule has 1 fully saturated rings. The number of likely N-dealkylation sites (tertiary alicyclic amines) is 1. The first kappa shape index (κ1) is 21.6. The summed E-state index contributed by atoms with van der Waals surface area (Å²) in [5.74, 6) is -2.39. The lowest BCUT2D eigenvalue weighted by atomic mass is 9.98. The molecule has 1 aliphatic rings. The van der Waals surface area contributed by atoms with E-state index in [0.717, 1.165) is 13.0 Å². The molecule has 1 heterocycles. The summed E-state index contributed by atoms with van der Waals surface area (Å²) in [4.78, 5) is 25.9. The van der Waals surface area contributed by atoms with Crippen LogP contribution in [0.5, 0.6) is 0 Å². The van der Waals surface area contributed by atoms with E-state index in [1.54, 1.807) is 0 Å². The third-order valence-corrected chi connectivity index (χ3v) is 5.09. The van der Waals surface area contributed by atoms with Crippen LogP contribution in [0.3, 0.4) is 0 Å². The SMILES string of the molecule is O=C(c1ccc(F)cc1)c1ccc(F)cc1/C=C\OCCN1CCCC(C(=O)O)C1. The number of nitrogens with zero attached hydrogens (tertiary/aromatic N) is 1. The van der Waals surface area contributed by atoms with Gasteiger partial charge < -0.3 is 9.84 Å². The van der Waals surface area contributed by atoms with Crippen LogP contribution in [0.15, 0.2) is 48.7 Å². The number of hydrogen-bond donors (Lipinski definition) is 1. The van der Waals surface area contributed by atoms with Crippen LogP contribution in [-0.2, 0) is 9.53 Å². The fraction of sp³-hybridized carbons (Fsp3) is 0.304. The molecule has 0 aromatic heterocycles.